The van der Waals surface area contributed by atoms with E-state index in [0.717, 1.165) is 5.56 Å². The lowest BCUT2D eigenvalue weighted by Crippen LogP contribution is -2.60. The van der Waals surface area contributed by atoms with Gasteiger partial charge in [-0.2, -0.15) is 0 Å². The summed E-state index contributed by atoms with van der Waals surface area (Å²) >= 11 is 0. The second-order valence-electron chi connectivity index (χ2n) is 9.34. The molecule has 194 valence electrons. The number of ether oxygens (including phenoxy) is 3. The predicted octanol–water partition coefficient (Wildman–Crippen LogP) is 5.25. The van der Waals surface area contributed by atoms with Crippen LogP contribution in [-0.4, -0.2) is 30.9 Å². The molecule has 2 atom stereocenters. The Kier molecular flexibility index (Phi) is 8.90. The quantitative estimate of drug-likeness (QED) is 0.321. The van der Waals surface area contributed by atoms with E-state index in [1.165, 1.54) is 7.11 Å². The molecule has 0 aromatic heterocycles. The molecule has 0 fully saturated rings. The molecule has 8 nitrogen and oxygen atoms in total. The first-order chi connectivity index (χ1) is 17.7. The summed E-state index contributed by atoms with van der Waals surface area (Å²) in [6, 6.07) is 25.4. The third-order valence-electron chi connectivity index (χ3n) is 5.48. The van der Waals surface area contributed by atoms with Gasteiger partial charge in [-0.3, -0.25) is 5.32 Å². The molecule has 0 saturated heterocycles. The van der Waals surface area contributed by atoms with Gasteiger partial charge in [-0.25, -0.2) is 14.4 Å². The number of benzene rings is 3. The van der Waals surface area contributed by atoms with Gasteiger partial charge in [0.2, 0.25) is 0 Å². The van der Waals surface area contributed by atoms with Crippen molar-refractivity contribution in [2.45, 2.75) is 44.6 Å². The summed E-state index contributed by atoms with van der Waals surface area (Å²) in [5.41, 5.74) is -1.02. The van der Waals surface area contributed by atoms with E-state index >= 15 is 0 Å². The molecule has 0 radical (unpaired) electrons. The largest absolute Gasteiger partial charge is 0.467 e. The monoisotopic (exact) mass is 504 g/mol. The molecular formula is C29H32N2O6. The topological polar surface area (TPSA) is 103 Å². The van der Waals surface area contributed by atoms with Gasteiger partial charge < -0.3 is 19.5 Å². The number of amides is 2. The van der Waals surface area contributed by atoms with Gasteiger partial charge in [-0.1, -0.05) is 91.0 Å². The Bertz CT molecular complexity index is 1180. The van der Waals surface area contributed by atoms with Crippen LogP contribution in [0.5, 0.6) is 0 Å². The van der Waals surface area contributed by atoms with E-state index in [4.69, 9.17) is 14.2 Å². The lowest BCUT2D eigenvalue weighted by atomic mass is 9.79. The van der Waals surface area contributed by atoms with Gasteiger partial charge in [-0.05, 0) is 37.5 Å². The smallest absolute Gasteiger partial charge is 0.408 e. The van der Waals surface area contributed by atoms with E-state index in [1.54, 1.807) is 81.4 Å². The molecule has 0 aliphatic heterocycles. The van der Waals surface area contributed by atoms with Crippen molar-refractivity contribution >= 4 is 18.2 Å². The average molecular weight is 505 g/mol. The molecule has 0 saturated carbocycles. The molecule has 0 heterocycles. The first-order valence-electron chi connectivity index (χ1n) is 11.8. The highest BCUT2D eigenvalue weighted by atomic mass is 16.6. The number of hydrogen-bond acceptors (Lipinski definition) is 6. The molecule has 0 aliphatic rings. The number of methoxy groups -OCH3 is 1. The van der Waals surface area contributed by atoms with E-state index in [0.29, 0.717) is 11.1 Å². The molecule has 0 spiro atoms. The maximum absolute atomic E-state index is 13.6. The summed E-state index contributed by atoms with van der Waals surface area (Å²) in [7, 11) is 1.21. The third kappa shape index (κ3) is 7.10. The molecule has 3 aromatic rings. The second kappa shape index (κ2) is 12.1. The minimum Gasteiger partial charge on any atom is -0.467 e. The van der Waals surface area contributed by atoms with Gasteiger partial charge in [0.15, 0.2) is 5.54 Å². The summed E-state index contributed by atoms with van der Waals surface area (Å²) in [4.78, 5) is 39.8. The molecule has 8 heteroatoms. The number of alkyl carbamates (subject to hydrolysis) is 2. The average Bonchev–Trinajstić information content (AvgIpc) is 2.89. The third-order valence-corrected chi connectivity index (χ3v) is 5.48. The number of hydrogen-bond donors (Lipinski definition) is 2. The maximum atomic E-state index is 13.6. The van der Waals surface area contributed by atoms with Gasteiger partial charge in [0.25, 0.3) is 0 Å². The van der Waals surface area contributed by atoms with Crippen LogP contribution in [0.3, 0.4) is 0 Å². The summed E-state index contributed by atoms with van der Waals surface area (Å²) < 4.78 is 16.2. The van der Waals surface area contributed by atoms with Crippen LogP contribution in [0, 0.1) is 0 Å². The second-order valence-corrected chi connectivity index (χ2v) is 9.34. The molecule has 37 heavy (non-hydrogen) atoms. The highest BCUT2D eigenvalue weighted by molar-refractivity contribution is 5.89. The number of esters is 1. The Morgan fingerprint density at radius 2 is 1.32 bits per heavy atom. The highest BCUT2D eigenvalue weighted by Gasteiger charge is 2.52. The zero-order chi connectivity index (χ0) is 26.9. The fraction of sp³-hybridized carbons (Fsp3) is 0.276. The van der Waals surface area contributed by atoms with Crippen LogP contribution in [0.2, 0.25) is 0 Å². The van der Waals surface area contributed by atoms with Crippen LogP contribution in [0.4, 0.5) is 9.59 Å². The zero-order valence-corrected chi connectivity index (χ0v) is 21.4. The highest BCUT2D eigenvalue weighted by Crippen LogP contribution is 2.37. The molecule has 0 unspecified atom stereocenters. The zero-order valence-electron chi connectivity index (χ0n) is 21.4. The molecule has 2 N–H and O–H groups in total. The van der Waals surface area contributed by atoms with Crippen LogP contribution < -0.4 is 10.6 Å². The van der Waals surface area contributed by atoms with Crippen LogP contribution in [0.25, 0.3) is 0 Å². The minimum absolute atomic E-state index is 0.0196. The SMILES string of the molecule is COC(=O)[C@](NC(=O)OCc1ccccc1)(c1ccccc1)[C@@H](NC(=O)OC(C)(C)C)c1ccccc1. The molecule has 2 amide bonds. The number of rotatable bonds is 8. The summed E-state index contributed by atoms with van der Waals surface area (Å²) in [6.45, 7) is 5.17. The van der Waals surface area contributed by atoms with Crippen LogP contribution >= 0.6 is 0 Å². The van der Waals surface area contributed by atoms with Crippen molar-refractivity contribution in [3.05, 3.63) is 108 Å². The Labute approximate surface area is 216 Å². The first kappa shape index (κ1) is 27.3. The van der Waals surface area contributed by atoms with E-state index < -0.39 is 35.3 Å². The van der Waals surface area contributed by atoms with Gasteiger partial charge in [0.05, 0.1) is 13.2 Å². The van der Waals surface area contributed by atoms with Crippen LogP contribution in [0.15, 0.2) is 91.0 Å². The predicted molar refractivity (Wildman–Crippen MR) is 138 cm³/mol. The summed E-state index contributed by atoms with van der Waals surface area (Å²) in [5, 5.41) is 5.52. The van der Waals surface area contributed by atoms with Crippen LogP contribution in [0.1, 0.15) is 43.5 Å². The van der Waals surface area contributed by atoms with E-state index in [-0.39, 0.29) is 6.61 Å². The Balaban J connectivity index is 2.10. The van der Waals surface area contributed by atoms with Crippen LogP contribution in [-0.2, 0) is 31.2 Å². The van der Waals surface area contributed by atoms with Gasteiger partial charge in [0.1, 0.15) is 12.2 Å². The van der Waals surface area contributed by atoms with Crippen molar-refractivity contribution in [1.82, 2.24) is 10.6 Å². The number of carbonyl (C=O) groups excluding carboxylic acids is 3. The molecule has 0 bridgehead atoms. The lowest BCUT2D eigenvalue weighted by molar-refractivity contribution is -0.150. The Morgan fingerprint density at radius 3 is 1.86 bits per heavy atom. The molecule has 3 rings (SSSR count). The first-order valence-corrected chi connectivity index (χ1v) is 11.8. The van der Waals surface area contributed by atoms with Gasteiger partial charge in [-0.15, -0.1) is 0 Å². The van der Waals surface area contributed by atoms with Crippen molar-refractivity contribution in [3.63, 3.8) is 0 Å². The van der Waals surface area contributed by atoms with E-state index in [1.807, 2.05) is 30.3 Å². The van der Waals surface area contributed by atoms with Crippen molar-refractivity contribution in [2.24, 2.45) is 0 Å². The summed E-state index contributed by atoms with van der Waals surface area (Å²) in [6.07, 6.45) is -1.64. The van der Waals surface area contributed by atoms with Crippen molar-refractivity contribution in [1.29, 1.82) is 0 Å². The van der Waals surface area contributed by atoms with Crippen molar-refractivity contribution in [3.8, 4) is 0 Å². The van der Waals surface area contributed by atoms with Crippen molar-refractivity contribution in [2.75, 3.05) is 7.11 Å². The van der Waals surface area contributed by atoms with E-state index in [2.05, 4.69) is 10.6 Å². The lowest BCUT2D eigenvalue weighted by Gasteiger charge is -2.39. The fourth-order valence-corrected chi connectivity index (χ4v) is 3.89. The van der Waals surface area contributed by atoms with E-state index in [9.17, 15) is 14.4 Å². The maximum Gasteiger partial charge on any atom is 0.408 e. The van der Waals surface area contributed by atoms with Gasteiger partial charge in [0, 0.05) is 0 Å². The van der Waals surface area contributed by atoms with Gasteiger partial charge >= 0.3 is 18.2 Å². The molecule has 0 aliphatic carbocycles. The molecular weight excluding hydrogens is 472 g/mol. The fourth-order valence-electron chi connectivity index (χ4n) is 3.89. The minimum atomic E-state index is -1.90. The Hall–Kier alpha value is -4.33. The summed E-state index contributed by atoms with van der Waals surface area (Å²) in [5.74, 6) is -0.805. The normalized spacial score (nSPS) is 13.4. The van der Waals surface area contributed by atoms with Crippen molar-refractivity contribution < 1.29 is 28.6 Å². The number of nitrogens with one attached hydrogen (secondary N) is 2. The standard InChI is InChI=1S/C29H32N2O6/c1-28(2,3)37-26(33)30-24(22-16-10-6-11-17-22)29(25(32)35-4,23-18-12-7-13-19-23)31-27(34)36-20-21-14-8-5-9-15-21/h5-19,24H,20H2,1-4H3,(H,30,33)(H,31,34)/t24-,29-/m0/s1. The molecule has 3 aromatic carbocycles. The number of carbonyl (C=O) groups is 3. The Morgan fingerprint density at radius 1 is 0.784 bits per heavy atom.